The molecule has 0 saturated heterocycles. The van der Waals surface area contributed by atoms with Crippen molar-refractivity contribution in [1.82, 2.24) is 0 Å². The number of ether oxygens (including phenoxy) is 1. The third-order valence-corrected chi connectivity index (χ3v) is 7.85. The molecule has 37 heavy (non-hydrogen) atoms. The summed E-state index contributed by atoms with van der Waals surface area (Å²) in [6.45, 7) is 0.672. The largest absolute Gasteiger partial charge is 0.490 e. The van der Waals surface area contributed by atoms with Gasteiger partial charge in [-0.2, -0.15) is 26.3 Å². The summed E-state index contributed by atoms with van der Waals surface area (Å²) in [7, 11) is 1.86. The van der Waals surface area contributed by atoms with Crippen molar-refractivity contribution < 1.29 is 41.0 Å². The molecular weight excluding hydrogens is 500 g/mol. The maximum absolute atomic E-state index is 14.1. The van der Waals surface area contributed by atoms with Crippen LogP contribution in [-0.4, -0.2) is 36.9 Å². The number of nitrogens with zero attached hydrogens (tertiary/aromatic N) is 1. The van der Waals surface area contributed by atoms with Crippen LogP contribution in [0.2, 0.25) is 0 Å². The first kappa shape index (κ1) is 27.4. The molecule has 0 spiro atoms. The second-order valence-electron chi connectivity index (χ2n) is 10.4. The molecule has 4 rings (SSSR count). The molecule has 0 aliphatic heterocycles. The Hall–Kier alpha value is -2.65. The molecule has 4 nitrogen and oxygen atoms in total. The van der Waals surface area contributed by atoms with Gasteiger partial charge < -0.3 is 14.7 Å². The number of fused-ring (bicyclic) bond motifs is 1. The van der Waals surface area contributed by atoms with Crippen molar-refractivity contribution in [2.45, 2.75) is 69.8 Å². The van der Waals surface area contributed by atoms with E-state index in [9.17, 15) is 36.2 Å². The fourth-order valence-electron chi connectivity index (χ4n) is 5.70. The van der Waals surface area contributed by atoms with Crippen LogP contribution in [0.1, 0.15) is 56.9 Å². The fourth-order valence-corrected chi connectivity index (χ4v) is 5.70. The van der Waals surface area contributed by atoms with Gasteiger partial charge in [0.2, 0.25) is 0 Å². The first-order valence-electron chi connectivity index (χ1n) is 12.6. The van der Waals surface area contributed by atoms with E-state index in [0.29, 0.717) is 30.7 Å². The zero-order valence-electron chi connectivity index (χ0n) is 20.5. The van der Waals surface area contributed by atoms with Gasteiger partial charge in [-0.1, -0.05) is 12.1 Å². The second kappa shape index (κ2) is 10.6. The third-order valence-electron chi connectivity index (χ3n) is 7.85. The Morgan fingerprint density at radius 2 is 1.59 bits per heavy atom. The molecule has 2 saturated carbocycles. The molecule has 0 radical (unpaired) electrons. The minimum atomic E-state index is -4.70. The minimum Gasteiger partial charge on any atom is -0.490 e. The molecule has 0 heterocycles. The number of rotatable bonds is 6. The van der Waals surface area contributed by atoms with Crippen LogP contribution in [-0.2, 0) is 11.0 Å². The fraction of sp³-hybridized carbons (Fsp3) is 0.593. The highest BCUT2D eigenvalue weighted by atomic mass is 19.4. The molecule has 2 aromatic rings. The molecule has 0 unspecified atom stereocenters. The Balaban J connectivity index is 1.50. The molecule has 2 fully saturated rings. The Morgan fingerprint density at radius 1 is 0.946 bits per heavy atom. The average Bonchev–Trinajstić information content (AvgIpc) is 2.83. The molecule has 0 bridgehead atoms. The second-order valence-corrected chi connectivity index (χ2v) is 10.4. The number of aliphatic carboxylic acids is 1. The van der Waals surface area contributed by atoms with Crippen LogP contribution < -0.4 is 9.64 Å². The van der Waals surface area contributed by atoms with Gasteiger partial charge in [-0.25, -0.2) is 0 Å². The van der Waals surface area contributed by atoms with Crippen LogP contribution in [0.5, 0.6) is 5.75 Å². The highest BCUT2D eigenvalue weighted by Crippen LogP contribution is 2.44. The maximum Gasteiger partial charge on any atom is 0.420 e. The molecule has 2 aromatic carbocycles. The highest BCUT2D eigenvalue weighted by molar-refractivity contribution is 5.91. The van der Waals surface area contributed by atoms with Gasteiger partial charge in [0, 0.05) is 19.3 Å². The summed E-state index contributed by atoms with van der Waals surface area (Å²) in [4.78, 5) is 13.1. The summed E-state index contributed by atoms with van der Waals surface area (Å²) in [6.07, 6.45) is -7.07. The number of carbonyl (C=O) groups is 1. The van der Waals surface area contributed by atoms with E-state index in [-0.39, 0.29) is 42.7 Å². The van der Waals surface area contributed by atoms with Gasteiger partial charge in [0.25, 0.3) is 0 Å². The lowest BCUT2D eigenvalue weighted by molar-refractivity contribution is -0.185. The van der Waals surface area contributed by atoms with Crippen molar-refractivity contribution >= 4 is 22.4 Å². The minimum absolute atomic E-state index is 0.0203. The normalized spacial score (nSPS) is 25.2. The van der Waals surface area contributed by atoms with Crippen molar-refractivity contribution in [2.24, 2.45) is 17.8 Å². The number of halogens is 6. The topological polar surface area (TPSA) is 49.8 Å². The van der Waals surface area contributed by atoms with Crippen molar-refractivity contribution in [1.29, 1.82) is 0 Å². The Bertz CT molecular complexity index is 1100. The summed E-state index contributed by atoms with van der Waals surface area (Å²) in [5, 5.41) is 9.54. The summed E-state index contributed by atoms with van der Waals surface area (Å²) in [5.41, 5.74) is -0.163. The zero-order chi connectivity index (χ0) is 27.0. The summed E-state index contributed by atoms with van der Waals surface area (Å²) in [6, 6.07) is 7.54. The smallest absolute Gasteiger partial charge is 0.420 e. The lowest BCUT2D eigenvalue weighted by atomic mass is 9.82. The maximum atomic E-state index is 14.1. The highest BCUT2D eigenvalue weighted by Gasteiger charge is 2.43. The van der Waals surface area contributed by atoms with Gasteiger partial charge in [0.1, 0.15) is 11.3 Å². The molecule has 0 aromatic heterocycles. The number of hydrogen-bond acceptors (Lipinski definition) is 3. The van der Waals surface area contributed by atoms with Gasteiger partial charge in [-0.15, -0.1) is 0 Å². The zero-order valence-corrected chi connectivity index (χ0v) is 20.5. The standard InChI is InChI=1S/C27H31F6NO3/c1-34(15-16-2-4-17(5-3-16)25(35)36)20-9-12-22-18(14-20)6-13-23(24(22)27(31,32)33)37-21-10-7-19(8-11-21)26(28,29)30/h6,9,12-14,16-17,19,21H,2-5,7-8,10-11,15H2,1H3,(H,35,36)/t16-,17-,19-,21+. The molecule has 2 aliphatic rings. The van der Waals surface area contributed by atoms with Crippen molar-refractivity contribution in [3.05, 3.63) is 35.9 Å². The number of alkyl halides is 6. The van der Waals surface area contributed by atoms with Gasteiger partial charge >= 0.3 is 18.3 Å². The summed E-state index contributed by atoms with van der Waals surface area (Å²) >= 11 is 0. The Kier molecular flexibility index (Phi) is 7.85. The third kappa shape index (κ3) is 6.44. The number of benzene rings is 2. The molecule has 1 N–H and O–H groups in total. The molecule has 0 amide bonds. The SMILES string of the molecule is CN(C[C@H]1CC[C@H](C(=O)O)CC1)c1ccc2c(C(F)(F)F)c(O[C@H]3CC[C@@H](C(F)(F)F)CC3)ccc2c1. The van der Waals surface area contributed by atoms with Gasteiger partial charge in [0.05, 0.1) is 17.9 Å². The molecule has 204 valence electrons. The van der Waals surface area contributed by atoms with Crippen molar-refractivity contribution in [2.75, 3.05) is 18.5 Å². The Morgan fingerprint density at radius 3 is 2.16 bits per heavy atom. The first-order valence-corrected chi connectivity index (χ1v) is 12.6. The van der Waals surface area contributed by atoms with E-state index in [0.717, 1.165) is 18.5 Å². The number of carboxylic acid groups (broad SMARTS) is 1. The lowest BCUT2D eigenvalue weighted by Crippen LogP contribution is -2.32. The van der Waals surface area contributed by atoms with Crippen molar-refractivity contribution in [3.8, 4) is 5.75 Å². The van der Waals surface area contributed by atoms with Crippen LogP contribution in [0, 0.1) is 17.8 Å². The summed E-state index contributed by atoms with van der Waals surface area (Å²) < 4.78 is 86.8. The number of anilines is 1. The Labute approximate surface area is 211 Å². The predicted octanol–water partition coefficient (Wildman–Crippen LogP) is 7.69. The van der Waals surface area contributed by atoms with E-state index >= 15 is 0 Å². The molecule has 10 heteroatoms. The molecular formula is C27H31F6NO3. The van der Waals surface area contributed by atoms with Crippen molar-refractivity contribution in [3.63, 3.8) is 0 Å². The number of hydrogen-bond donors (Lipinski definition) is 1. The van der Waals surface area contributed by atoms with Crippen LogP contribution in [0.15, 0.2) is 30.3 Å². The van der Waals surface area contributed by atoms with Crippen LogP contribution in [0.25, 0.3) is 10.8 Å². The van der Waals surface area contributed by atoms with E-state index in [1.165, 1.54) is 12.1 Å². The predicted molar refractivity (Wildman–Crippen MR) is 128 cm³/mol. The van der Waals surface area contributed by atoms with Gasteiger partial charge in [0.15, 0.2) is 0 Å². The van der Waals surface area contributed by atoms with Gasteiger partial charge in [-0.3, -0.25) is 4.79 Å². The lowest BCUT2D eigenvalue weighted by Gasteiger charge is -2.31. The summed E-state index contributed by atoms with van der Waals surface area (Å²) in [5.74, 6) is -2.55. The van der Waals surface area contributed by atoms with Crippen LogP contribution >= 0.6 is 0 Å². The first-order chi connectivity index (χ1) is 17.3. The van der Waals surface area contributed by atoms with E-state index in [1.807, 2.05) is 11.9 Å². The van der Waals surface area contributed by atoms with E-state index in [2.05, 4.69) is 0 Å². The van der Waals surface area contributed by atoms with E-state index in [1.54, 1.807) is 18.2 Å². The average molecular weight is 532 g/mol. The van der Waals surface area contributed by atoms with Crippen LogP contribution in [0.3, 0.4) is 0 Å². The molecule has 2 aliphatic carbocycles. The monoisotopic (exact) mass is 531 g/mol. The van der Waals surface area contributed by atoms with E-state index < -0.39 is 35.9 Å². The van der Waals surface area contributed by atoms with Gasteiger partial charge in [-0.05, 0) is 86.3 Å². The quantitative estimate of drug-likeness (QED) is 0.389. The molecule has 0 atom stereocenters. The number of carboxylic acids is 1. The van der Waals surface area contributed by atoms with Crippen LogP contribution in [0.4, 0.5) is 32.0 Å². The van der Waals surface area contributed by atoms with E-state index in [4.69, 9.17) is 4.74 Å².